The van der Waals surface area contributed by atoms with Gasteiger partial charge in [-0.15, -0.1) is 0 Å². The summed E-state index contributed by atoms with van der Waals surface area (Å²) in [4.78, 5) is 24.9. The van der Waals surface area contributed by atoms with Crippen molar-refractivity contribution in [1.29, 1.82) is 0 Å². The first-order chi connectivity index (χ1) is 11.8. The number of hydrogen-bond acceptors (Lipinski definition) is 4. The zero-order chi connectivity index (χ0) is 18.5. The molecule has 1 aromatic heterocycles. The number of primary amides is 1. The quantitative estimate of drug-likeness (QED) is 0.786. The summed E-state index contributed by atoms with van der Waals surface area (Å²) in [6.45, 7) is 2.90. The molecule has 132 valence electrons. The number of hydrogen-bond donors (Lipinski definition) is 3. The van der Waals surface area contributed by atoms with Gasteiger partial charge in [0.2, 0.25) is 0 Å². The standard InChI is InChI=1S/C18H20FN3O3/c1-8-3-4-14(23)9(2)15(8)22-16(20)13(17(21)24)6-12(18(22)25)11-5-10(11)7-19/h3-4,6,10-11,23H,5,7,20H2,1-2H3,(H2,21,24)/t10?,11-/m0/s1. The van der Waals surface area contributed by atoms with Gasteiger partial charge >= 0.3 is 0 Å². The number of halogens is 1. The molecule has 1 amide bonds. The Labute approximate surface area is 143 Å². The lowest BCUT2D eigenvalue weighted by molar-refractivity contribution is 0.100. The van der Waals surface area contributed by atoms with Crippen LogP contribution in [0.1, 0.15) is 39.4 Å². The number of pyridine rings is 1. The second-order valence-electron chi connectivity index (χ2n) is 6.54. The second kappa shape index (κ2) is 5.91. The van der Waals surface area contributed by atoms with Crippen molar-refractivity contribution in [2.75, 3.05) is 12.4 Å². The number of aryl methyl sites for hydroxylation is 1. The fourth-order valence-corrected chi connectivity index (χ4v) is 3.30. The molecule has 5 N–H and O–H groups in total. The molecule has 2 aromatic rings. The van der Waals surface area contributed by atoms with Crippen molar-refractivity contribution in [3.05, 3.63) is 50.8 Å². The number of amides is 1. The number of carbonyl (C=O) groups excluding carboxylic acids is 1. The smallest absolute Gasteiger partial charge is 0.260 e. The molecule has 2 atom stereocenters. The van der Waals surface area contributed by atoms with Gasteiger partial charge in [-0.25, -0.2) is 0 Å². The third-order valence-corrected chi connectivity index (χ3v) is 4.88. The number of alkyl halides is 1. The van der Waals surface area contributed by atoms with E-state index in [1.807, 2.05) is 0 Å². The number of carbonyl (C=O) groups is 1. The fourth-order valence-electron chi connectivity index (χ4n) is 3.30. The highest BCUT2D eigenvalue weighted by Crippen LogP contribution is 2.47. The summed E-state index contributed by atoms with van der Waals surface area (Å²) in [6, 6.07) is 4.56. The van der Waals surface area contributed by atoms with E-state index in [-0.39, 0.29) is 29.0 Å². The number of phenols is 1. The number of nitrogen functional groups attached to an aromatic ring is 1. The zero-order valence-corrected chi connectivity index (χ0v) is 14.0. The molecule has 1 fully saturated rings. The number of anilines is 1. The van der Waals surface area contributed by atoms with Crippen molar-refractivity contribution in [2.45, 2.75) is 26.2 Å². The summed E-state index contributed by atoms with van der Waals surface area (Å²) >= 11 is 0. The normalized spacial score (nSPS) is 19.0. The Morgan fingerprint density at radius 1 is 1.40 bits per heavy atom. The topological polar surface area (TPSA) is 111 Å². The third-order valence-electron chi connectivity index (χ3n) is 4.88. The summed E-state index contributed by atoms with van der Waals surface area (Å²) in [7, 11) is 0. The highest BCUT2D eigenvalue weighted by molar-refractivity contribution is 5.97. The van der Waals surface area contributed by atoms with Gasteiger partial charge in [0.25, 0.3) is 11.5 Å². The molecule has 1 heterocycles. The van der Waals surface area contributed by atoms with Crippen molar-refractivity contribution >= 4 is 11.7 Å². The lowest BCUT2D eigenvalue weighted by Crippen LogP contribution is -2.29. The van der Waals surface area contributed by atoms with E-state index in [2.05, 4.69) is 0 Å². The Kier molecular flexibility index (Phi) is 4.02. The molecular weight excluding hydrogens is 325 g/mol. The van der Waals surface area contributed by atoms with Crippen LogP contribution in [0.5, 0.6) is 5.75 Å². The van der Waals surface area contributed by atoms with E-state index in [1.165, 1.54) is 16.7 Å². The van der Waals surface area contributed by atoms with Gasteiger partial charge in [0.15, 0.2) is 0 Å². The number of phenolic OH excluding ortho intramolecular Hbond substituents is 1. The maximum absolute atomic E-state index is 13.1. The van der Waals surface area contributed by atoms with Crippen molar-refractivity contribution < 1.29 is 14.3 Å². The van der Waals surface area contributed by atoms with Gasteiger partial charge in [0, 0.05) is 11.1 Å². The second-order valence-corrected chi connectivity index (χ2v) is 6.54. The first-order valence-corrected chi connectivity index (χ1v) is 7.98. The van der Waals surface area contributed by atoms with Crippen LogP contribution < -0.4 is 17.0 Å². The van der Waals surface area contributed by atoms with E-state index in [0.29, 0.717) is 28.8 Å². The first kappa shape index (κ1) is 17.0. The van der Waals surface area contributed by atoms with Crippen LogP contribution in [0.2, 0.25) is 0 Å². The molecule has 1 saturated carbocycles. The van der Waals surface area contributed by atoms with E-state index in [4.69, 9.17) is 11.5 Å². The maximum Gasteiger partial charge on any atom is 0.260 e. The number of nitrogens with zero attached hydrogens (tertiary/aromatic N) is 1. The molecule has 0 aliphatic heterocycles. The average molecular weight is 345 g/mol. The Morgan fingerprint density at radius 3 is 2.64 bits per heavy atom. The molecule has 0 spiro atoms. The molecule has 6 nitrogen and oxygen atoms in total. The van der Waals surface area contributed by atoms with Gasteiger partial charge in [-0.05, 0) is 49.8 Å². The molecule has 1 aliphatic carbocycles. The highest BCUT2D eigenvalue weighted by Gasteiger charge is 2.41. The van der Waals surface area contributed by atoms with Crippen LogP contribution in [-0.2, 0) is 0 Å². The lowest BCUT2D eigenvalue weighted by atomic mass is 10.0. The van der Waals surface area contributed by atoms with Gasteiger partial charge in [0.1, 0.15) is 11.6 Å². The molecule has 1 unspecified atom stereocenters. The largest absolute Gasteiger partial charge is 0.508 e. The summed E-state index contributed by atoms with van der Waals surface area (Å²) in [5.41, 5.74) is 13.0. The van der Waals surface area contributed by atoms with Gasteiger partial charge in [0.05, 0.1) is 17.9 Å². The summed E-state index contributed by atoms with van der Waals surface area (Å²) < 4.78 is 14.1. The van der Waals surface area contributed by atoms with Crippen molar-refractivity contribution in [3.8, 4) is 11.4 Å². The number of rotatable bonds is 4. The van der Waals surface area contributed by atoms with E-state index in [1.54, 1.807) is 19.9 Å². The molecule has 1 aliphatic rings. The van der Waals surface area contributed by atoms with E-state index in [0.717, 1.165) is 0 Å². The van der Waals surface area contributed by atoms with Gasteiger partial charge in [-0.1, -0.05) is 6.07 Å². The van der Waals surface area contributed by atoms with Crippen LogP contribution in [0, 0.1) is 19.8 Å². The number of nitrogens with two attached hydrogens (primary N) is 2. The SMILES string of the molecule is Cc1ccc(O)c(C)c1-n1c(N)c(C(N)=O)cc([C@H]2CC2CF)c1=O. The number of aromatic hydroxyl groups is 1. The lowest BCUT2D eigenvalue weighted by Gasteiger charge is -2.19. The third kappa shape index (κ3) is 2.65. The predicted octanol–water partition coefficient (Wildman–Crippen LogP) is 1.91. The van der Waals surface area contributed by atoms with Crippen LogP contribution >= 0.6 is 0 Å². The minimum Gasteiger partial charge on any atom is -0.508 e. The molecule has 7 heteroatoms. The molecule has 3 rings (SSSR count). The molecule has 0 saturated heterocycles. The monoisotopic (exact) mass is 345 g/mol. The number of aromatic nitrogens is 1. The molecular formula is C18H20FN3O3. The Bertz CT molecular complexity index is 936. The molecule has 0 radical (unpaired) electrons. The summed E-state index contributed by atoms with van der Waals surface area (Å²) in [5, 5.41) is 10.0. The Hall–Kier alpha value is -2.83. The summed E-state index contributed by atoms with van der Waals surface area (Å²) in [6.07, 6.45) is 0.547. The Morgan fingerprint density at radius 2 is 2.08 bits per heavy atom. The van der Waals surface area contributed by atoms with E-state index < -0.39 is 18.1 Å². The summed E-state index contributed by atoms with van der Waals surface area (Å²) in [5.74, 6) is -1.32. The van der Waals surface area contributed by atoms with E-state index in [9.17, 15) is 19.1 Å². The minimum atomic E-state index is -0.764. The minimum absolute atomic E-state index is 0.00554. The molecule has 25 heavy (non-hydrogen) atoms. The first-order valence-electron chi connectivity index (χ1n) is 7.98. The van der Waals surface area contributed by atoms with Crippen molar-refractivity contribution in [2.24, 2.45) is 11.7 Å². The van der Waals surface area contributed by atoms with Crippen LogP contribution in [0.3, 0.4) is 0 Å². The van der Waals surface area contributed by atoms with Crippen LogP contribution in [-0.4, -0.2) is 22.3 Å². The fraction of sp³-hybridized carbons (Fsp3) is 0.333. The van der Waals surface area contributed by atoms with E-state index >= 15 is 0 Å². The number of benzene rings is 1. The highest BCUT2D eigenvalue weighted by atomic mass is 19.1. The maximum atomic E-state index is 13.1. The zero-order valence-electron chi connectivity index (χ0n) is 14.0. The predicted molar refractivity (Wildman–Crippen MR) is 92.9 cm³/mol. The Balaban J connectivity index is 2.36. The van der Waals surface area contributed by atoms with Gasteiger partial charge < -0.3 is 16.6 Å². The molecule has 0 bridgehead atoms. The van der Waals surface area contributed by atoms with Crippen LogP contribution in [0.15, 0.2) is 23.0 Å². The van der Waals surface area contributed by atoms with Crippen LogP contribution in [0.25, 0.3) is 5.69 Å². The average Bonchev–Trinajstić information content (AvgIpc) is 3.33. The van der Waals surface area contributed by atoms with Crippen molar-refractivity contribution in [3.63, 3.8) is 0 Å². The van der Waals surface area contributed by atoms with Crippen LogP contribution in [0.4, 0.5) is 10.2 Å². The van der Waals surface area contributed by atoms with Crippen molar-refractivity contribution in [1.82, 2.24) is 4.57 Å². The van der Waals surface area contributed by atoms with Gasteiger partial charge in [-0.3, -0.25) is 18.5 Å². The molecule has 1 aromatic carbocycles. The van der Waals surface area contributed by atoms with Gasteiger partial charge in [-0.2, -0.15) is 0 Å².